The van der Waals surface area contributed by atoms with Gasteiger partial charge in [-0.2, -0.15) is 26.3 Å². The first kappa shape index (κ1) is 28.5. The molecule has 0 saturated carbocycles. The molecule has 0 bridgehead atoms. The van der Waals surface area contributed by atoms with Gasteiger partial charge in [0, 0.05) is 67.0 Å². The first-order valence-electron chi connectivity index (χ1n) is 11.6. The Morgan fingerprint density at radius 3 is 2.32 bits per heavy atom. The van der Waals surface area contributed by atoms with Gasteiger partial charge in [-0.25, -0.2) is 0 Å². The van der Waals surface area contributed by atoms with Crippen molar-refractivity contribution in [1.29, 1.82) is 0 Å². The Hall–Kier alpha value is -3.06. The van der Waals surface area contributed by atoms with Crippen LogP contribution >= 0.6 is 0 Å². The van der Waals surface area contributed by atoms with Crippen LogP contribution in [0.4, 0.5) is 26.3 Å². The Morgan fingerprint density at radius 2 is 1.76 bits per heavy atom. The summed E-state index contributed by atoms with van der Waals surface area (Å²) in [6, 6.07) is 0.520. The van der Waals surface area contributed by atoms with Crippen LogP contribution in [0.3, 0.4) is 0 Å². The highest BCUT2D eigenvalue weighted by Crippen LogP contribution is 2.31. The molecule has 0 radical (unpaired) electrons. The van der Waals surface area contributed by atoms with E-state index in [1.165, 1.54) is 17.9 Å². The van der Waals surface area contributed by atoms with Crippen LogP contribution in [-0.2, 0) is 17.5 Å². The van der Waals surface area contributed by atoms with E-state index in [9.17, 15) is 35.9 Å². The van der Waals surface area contributed by atoms with Crippen molar-refractivity contribution in [3.05, 3.63) is 68.4 Å². The van der Waals surface area contributed by atoms with Crippen molar-refractivity contribution in [3.8, 4) is 0 Å². The number of H-pyrrole nitrogens is 1. The maximum absolute atomic E-state index is 13.5. The molecule has 7 nitrogen and oxygen atoms in total. The van der Waals surface area contributed by atoms with E-state index in [-0.39, 0.29) is 30.4 Å². The number of alkyl halides is 6. The number of aromatic amines is 1. The minimum atomic E-state index is -4.77. The van der Waals surface area contributed by atoms with Gasteiger partial charge in [-0.15, -0.1) is 0 Å². The highest BCUT2D eigenvalue weighted by molar-refractivity contribution is 5.98. The van der Waals surface area contributed by atoms with Gasteiger partial charge in [0.15, 0.2) is 0 Å². The van der Waals surface area contributed by atoms with Gasteiger partial charge in [0.05, 0.1) is 12.1 Å². The number of hydrogen-bond acceptors (Lipinski definition) is 5. The molecule has 1 fully saturated rings. The SMILES string of the molecule is C=C1C=C(C(=O)NCc2c(C(F)(F)F)cc(C)[nH]c2=O)C(C)=C(C(C)N2CCN(CC(F)(F)F)CC2)N1. The van der Waals surface area contributed by atoms with Gasteiger partial charge in [-0.3, -0.25) is 19.4 Å². The molecule has 0 aromatic carbocycles. The molecule has 1 aromatic rings. The van der Waals surface area contributed by atoms with Gasteiger partial charge >= 0.3 is 12.4 Å². The largest absolute Gasteiger partial charge is 0.417 e. The van der Waals surface area contributed by atoms with E-state index in [1.54, 1.807) is 6.92 Å². The van der Waals surface area contributed by atoms with Gasteiger partial charge in [0.2, 0.25) is 0 Å². The fourth-order valence-corrected chi connectivity index (χ4v) is 4.54. The first-order valence-corrected chi connectivity index (χ1v) is 11.6. The zero-order valence-electron chi connectivity index (χ0n) is 20.7. The number of piperazine rings is 1. The molecule has 2 aliphatic rings. The van der Waals surface area contributed by atoms with E-state index in [0.29, 0.717) is 30.1 Å². The van der Waals surface area contributed by atoms with E-state index in [1.807, 2.05) is 11.8 Å². The number of nitrogens with one attached hydrogen (secondary N) is 3. The lowest BCUT2D eigenvalue weighted by Crippen LogP contribution is -2.53. The minimum Gasteiger partial charge on any atom is -0.358 e. The fourth-order valence-electron chi connectivity index (χ4n) is 4.54. The average molecular weight is 534 g/mol. The van der Waals surface area contributed by atoms with Crippen LogP contribution in [0, 0.1) is 6.92 Å². The Morgan fingerprint density at radius 1 is 1.14 bits per heavy atom. The maximum Gasteiger partial charge on any atom is 0.417 e. The number of amides is 1. The molecular weight excluding hydrogens is 504 g/mol. The molecule has 1 unspecified atom stereocenters. The molecule has 37 heavy (non-hydrogen) atoms. The predicted molar refractivity (Wildman–Crippen MR) is 125 cm³/mol. The Kier molecular flexibility index (Phi) is 8.27. The van der Waals surface area contributed by atoms with Crippen molar-refractivity contribution in [2.45, 2.75) is 45.7 Å². The molecule has 204 valence electrons. The normalized spacial score (nSPS) is 18.9. The summed E-state index contributed by atoms with van der Waals surface area (Å²) in [4.78, 5) is 30.8. The number of aromatic nitrogens is 1. The number of aryl methyl sites for hydroxylation is 1. The Labute approximate surface area is 209 Å². The monoisotopic (exact) mass is 533 g/mol. The number of halogens is 6. The van der Waals surface area contributed by atoms with Crippen molar-refractivity contribution in [2.75, 3.05) is 32.7 Å². The van der Waals surface area contributed by atoms with Crippen LogP contribution in [0.15, 0.2) is 46.1 Å². The van der Waals surface area contributed by atoms with Crippen LogP contribution in [-0.4, -0.2) is 65.6 Å². The quantitative estimate of drug-likeness (QED) is 0.490. The van der Waals surface area contributed by atoms with Gasteiger partial charge < -0.3 is 15.6 Å². The van der Waals surface area contributed by atoms with Crippen molar-refractivity contribution in [3.63, 3.8) is 0 Å². The van der Waals surface area contributed by atoms with Crippen molar-refractivity contribution >= 4 is 5.91 Å². The molecule has 1 saturated heterocycles. The summed E-state index contributed by atoms with van der Waals surface area (Å²) in [7, 11) is 0. The van der Waals surface area contributed by atoms with Gasteiger partial charge in [-0.05, 0) is 38.5 Å². The zero-order chi connectivity index (χ0) is 27.7. The Balaban J connectivity index is 1.75. The second-order valence-corrected chi connectivity index (χ2v) is 9.20. The summed E-state index contributed by atoms with van der Waals surface area (Å²) in [5, 5.41) is 5.51. The highest BCUT2D eigenvalue weighted by atomic mass is 19.4. The maximum atomic E-state index is 13.5. The second kappa shape index (κ2) is 10.7. The van der Waals surface area contributed by atoms with Crippen molar-refractivity contribution in [2.24, 2.45) is 0 Å². The molecule has 0 spiro atoms. The summed E-state index contributed by atoms with van der Waals surface area (Å²) in [5.74, 6) is -0.687. The molecule has 1 amide bonds. The molecular formula is C24H29F6N5O2. The fraction of sp³-hybridized carbons (Fsp3) is 0.500. The summed E-state index contributed by atoms with van der Waals surface area (Å²) in [6.45, 7) is 8.29. The van der Waals surface area contributed by atoms with Crippen LogP contribution in [0.5, 0.6) is 0 Å². The third-order valence-corrected chi connectivity index (χ3v) is 6.44. The third kappa shape index (κ3) is 7.04. The first-order chi connectivity index (χ1) is 17.1. The Bertz CT molecular complexity index is 1170. The van der Waals surface area contributed by atoms with Gasteiger partial charge in [-0.1, -0.05) is 6.58 Å². The summed E-state index contributed by atoms with van der Waals surface area (Å²) >= 11 is 0. The van der Waals surface area contributed by atoms with Gasteiger partial charge in [0.1, 0.15) is 0 Å². The molecule has 3 rings (SSSR count). The zero-order valence-corrected chi connectivity index (χ0v) is 20.7. The van der Waals surface area contributed by atoms with Crippen molar-refractivity contribution in [1.82, 2.24) is 25.4 Å². The minimum absolute atomic E-state index is 0.0430. The number of carbonyl (C=O) groups is 1. The average Bonchev–Trinajstić information content (AvgIpc) is 2.77. The summed E-state index contributed by atoms with van der Waals surface area (Å²) in [6.07, 6.45) is -7.59. The number of dihydropyridines is 1. The third-order valence-electron chi connectivity index (χ3n) is 6.44. The van der Waals surface area contributed by atoms with E-state index < -0.39 is 48.0 Å². The smallest absolute Gasteiger partial charge is 0.358 e. The summed E-state index contributed by atoms with van der Waals surface area (Å²) in [5.41, 5.74) is -0.953. The lowest BCUT2D eigenvalue weighted by Gasteiger charge is -2.40. The van der Waals surface area contributed by atoms with Crippen LogP contribution < -0.4 is 16.2 Å². The second-order valence-electron chi connectivity index (χ2n) is 9.20. The number of pyridine rings is 1. The highest BCUT2D eigenvalue weighted by Gasteiger charge is 2.36. The molecule has 0 aliphatic carbocycles. The topological polar surface area (TPSA) is 80.5 Å². The number of hydrogen-bond donors (Lipinski definition) is 3. The lowest BCUT2D eigenvalue weighted by atomic mass is 9.95. The van der Waals surface area contributed by atoms with Crippen LogP contribution in [0.2, 0.25) is 0 Å². The van der Waals surface area contributed by atoms with E-state index in [4.69, 9.17) is 0 Å². The van der Waals surface area contributed by atoms with Crippen LogP contribution in [0.25, 0.3) is 0 Å². The van der Waals surface area contributed by atoms with E-state index in [0.717, 1.165) is 6.07 Å². The number of carbonyl (C=O) groups excluding carboxylic acids is 1. The lowest BCUT2D eigenvalue weighted by molar-refractivity contribution is -0.149. The predicted octanol–water partition coefficient (Wildman–Crippen LogP) is 3.20. The molecule has 1 atom stereocenters. The standard InChI is InChI=1S/C24H29F6N5O2/c1-13-9-17(21(36)31-11-18-19(24(28,29)30)10-14(2)33-22(18)37)15(3)20(32-13)16(4)35-7-5-34(6-8-35)12-23(25,26)27/h9-10,16,32H,1,5-8,11-12H2,2-4H3,(H,31,36)(H,33,37). The van der Waals surface area contributed by atoms with E-state index >= 15 is 0 Å². The number of rotatable bonds is 6. The molecule has 3 heterocycles. The van der Waals surface area contributed by atoms with Gasteiger partial charge in [0.25, 0.3) is 11.5 Å². The molecule has 13 heteroatoms. The molecule has 1 aromatic heterocycles. The van der Waals surface area contributed by atoms with Crippen LogP contribution in [0.1, 0.15) is 30.7 Å². The molecule has 2 aliphatic heterocycles. The summed E-state index contributed by atoms with van der Waals surface area (Å²) < 4.78 is 78.4. The number of nitrogens with zero attached hydrogens (tertiary/aromatic N) is 2. The van der Waals surface area contributed by atoms with E-state index in [2.05, 4.69) is 22.2 Å². The number of allylic oxidation sites excluding steroid dienone is 1. The molecule has 3 N–H and O–H groups in total. The van der Waals surface area contributed by atoms with Crippen molar-refractivity contribution < 1.29 is 31.1 Å².